The summed E-state index contributed by atoms with van der Waals surface area (Å²) in [4.78, 5) is 42.3. The van der Waals surface area contributed by atoms with Crippen molar-refractivity contribution in [3.8, 4) is 11.1 Å². The Morgan fingerprint density at radius 1 is 0.975 bits per heavy atom. The molecule has 4 aromatic rings. The van der Waals surface area contributed by atoms with Crippen molar-refractivity contribution in [3.05, 3.63) is 111 Å². The zero-order valence-electron chi connectivity index (χ0n) is 21.3. The average Bonchev–Trinajstić information content (AvgIpc) is 3.17. The van der Waals surface area contributed by atoms with Gasteiger partial charge in [0.25, 0.3) is 5.91 Å². The van der Waals surface area contributed by atoms with Crippen LogP contribution in [-0.2, 0) is 11.0 Å². The van der Waals surface area contributed by atoms with Crippen molar-refractivity contribution < 1.29 is 27.9 Å². The topological polar surface area (TPSA) is 115 Å². The molecular formula is C29H23F3N4O4. The van der Waals surface area contributed by atoms with Crippen LogP contribution >= 0.6 is 0 Å². The number of aromatic carboxylic acids is 1. The Labute approximate surface area is 226 Å². The fraction of sp³-hybridized carbons (Fsp3) is 0.138. The molecule has 4 N–H and O–H groups in total. The van der Waals surface area contributed by atoms with Gasteiger partial charge in [-0.2, -0.15) is 13.2 Å². The van der Waals surface area contributed by atoms with E-state index in [0.717, 1.165) is 23.3 Å². The highest BCUT2D eigenvalue weighted by Gasteiger charge is 2.41. The van der Waals surface area contributed by atoms with Crippen molar-refractivity contribution >= 4 is 28.9 Å². The van der Waals surface area contributed by atoms with E-state index in [4.69, 9.17) is 0 Å². The van der Waals surface area contributed by atoms with E-state index in [9.17, 15) is 32.7 Å². The third-order valence-corrected chi connectivity index (χ3v) is 6.56. The number of aromatic amines is 1. The predicted octanol–water partition coefficient (Wildman–Crippen LogP) is 5.71. The summed E-state index contributed by atoms with van der Waals surface area (Å²) in [6, 6.07) is 13.2. The van der Waals surface area contributed by atoms with E-state index in [2.05, 4.69) is 15.8 Å². The number of H-pyrrole nitrogens is 1. The molecule has 3 aromatic carbocycles. The molecule has 0 spiro atoms. The molecule has 0 saturated heterocycles. The number of anilines is 3. The number of carbonyl (C=O) groups is 2. The number of benzene rings is 3. The standard InChI is InChI=1S/C29H23F3N4O4/c1-15-8-16(2)10-20(9-15)36-24-12-19(29(30,31)32)6-7-21(24)25(27(36)38)35-34-23-14-33-13-22(26(23)37)17-4-3-5-18(11-17)28(39)40/h3-14,25,34-35H,1-2H3,(H,33,37)(H,39,40). The molecule has 2 heterocycles. The maximum atomic E-state index is 13.6. The number of hydrogen-bond donors (Lipinski definition) is 4. The second-order valence-corrected chi connectivity index (χ2v) is 9.49. The molecule has 1 atom stereocenters. The van der Waals surface area contributed by atoms with Gasteiger partial charge in [0.1, 0.15) is 11.7 Å². The van der Waals surface area contributed by atoms with Crippen molar-refractivity contribution in [2.75, 3.05) is 10.3 Å². The molecule has 8 nitrogen and oxygen atoms in total. The number of hydrogen-bond acceptors (Lipinski definition) is 5. The van der Waals surface area contributed by atoms with Crippen molar-refractivity contribution in [1.82, 2.24) is 10.4 Å². The number of hydrazine groups is 1. The molecular weight excluding hydrogens is 525 g/mol. The van der Waals surface area contributed by atoms with Gasteiger partial charge in [0.15, 0.2) is 0 Å². The second kappa shape index (κ2) is 10.0. The van der Waals surface area contributed by atoms with Gasteiger partial charge < -0.3 is 15.5 Å². The molecule has 1 aliphatic rings. The van der Waals surface area contributed by atoms with E-state index in [0.29, 0.717) is 16.8 Å². The molecule has 40 heavy (non-hydrogen) atoms. The Morgan fingerprint density at radius 3 is 2.38 bits per heavy atom. The first kappa shape index (κ1) is 26.7. The first-order chi connectivity index (χ1) is 18.9. The van der Waals surface area contributed by atoms with E-state index in [1.165, 1.54) is 41.6 Å². The van der Waals surface area contributed by atoms with Crippen LogP contribution in [0.25, 0.3) is 11.1 Å². The van der Waals surface area contributed by atoms with Crippen LogP contribution in [0.5, 0.6) is 0 Å². The maximum absolute atomic E-state index is 13.6. The minimum atomic E-state index is -4.61. The number of nitrogens with zero attached hydrogens (tertiary/aromatic N) is 1. The molecule has 0 bridgehead atoms. The fourth-order valence-electron chi connectivity index (χ4n) is 4.79. The number of nitrogens with one attached hydrogen (secondary N) is 3. The number of carbonyl (C=O) groups excluding carboxylic acids is 1. The second-order valence-electron chi connectivity index (χ2n) is 9.49. The largest absolute Gasteiger partial charge is 0.478 e. The van der Waals surface area contributed by atoms with Gasteiger partial charge in [-0.3, -0.25) is 14.5 Å². The molecule has 1 aromatic heterocycles. The molecule has 5 rings (SSSR count). The number of carboxylic acid groups (broad SMARTS) is 1. The Morgan fingerprint density at radius 2 is 1.70 bits per heavy atom. The molecule has 204 valence electrons. The van der Waals surface area contributed by atoms with Crippen LogP contribution in [-0.4, -0.2) is 22.0 Å². The highest BCUT2D eigenvalue weighted by atomic mass is 19.4. The number of aryl methyl sites for hydroxylation is 2. The van der Waals surface area contributed by atoms with E-state index in [1.807, 2.05) is 19.9 Å². The predicted molar refractivity (Wildman–Crippen MR) is 143 cm³/mol. The number of fused-ring (bicyclic) bond motifs is 1. The van der Waals surface area contributed by atoms with Crippen LogP contribution in [0, 0.1) is 13.8 Å². The Balaban J connectivity index is 1.50. The zero-order chi connectivity index (χ0) is 28.8. The van der Waals surface area contributed by atoms with E-state index in [1.54, 1.807) is 18.2 Å². The van der Waals surface area contributed by atoms with Crippen LogP contribution in [0.15, 0.2) is 77.9 Å². The highest BCUT2D eigenvalue weighted by Crippen LogP contribution is 2.44. The number of carboxylic acids is 1. The van der Waals surface area contributed by atoms with Gasteiger partial charge in [-0.05, 0) is 66.9 Å². The van der Waals surface area contributed by atoms with Gasteiger partial charge in [-0.15, -0.1) is 0 Å². The molecule has 0 aliphatic carbocycles. The normalized spacial score (nSPS) is 14.8. The zero-order valence-corrected chi connectivity index (χ0v) is 21.3. The highest BCUT2D eigenvalue weighted by molar-refractivity contribution is 6.10. The summed E-state index contributed by atoms with van der Waals surface area (Å²) in [6.07, 6.45) is -1.83. The Hall–Kier alpha value is -4.90. The maximum Gasteiger partial charge on any atom is 0.416 e. The summed E-state index contributed by atoms with van der Waals surface area (Å²) in [5, 5.41) is 9.28. The van der Waals surface area contributed by atoms with Gasteiger partial charge in [0.05, 0.1) is 16.8 Å². The minimum absolute atomic E-state index is 0.00579. The summed E-state index contributed by atoms with van der Waals surface area (Å²) < 4.78 is 40.7. The number of pyridine rings is 1. The number of aromatic nitrogens is 1. The SMILES string of the molecule is Cc1cc(C)cc(N2C(=O)C(NNc3c[nH]cc(-c4cccc(C(=O)O)c4)c3=O)c3ccc(C(F)(F)F)cc32)c1. The van der Waals surface area contributed by atoms with Crippen molar-refractivity contribution in [1.29, 1.82) is 0 Å². The lowest BCUT2D eigenvalue weighted by Gasteiger charge is -2.20. The van der Waals surface area contributed by atoms with Gasteiger partial charge in [-0.25, -0.2) is 10.2 Å². The van der Waals surface area contributed by atoms with E-state index in [-0.39, 0.29) is 22.5 Å². The quantitative estimate of drug-likeness (QED) is 0.230. The first-order valence-electron chi connectivity index (χ1n) is 12.1. The Kier molecular flexibility index (Phi) is 6.68. The smallest absolute Gasteiger partial charge is 0.416 e. The first-order valence-corrected chi connectivity index (χ1v) is 12.1. The third kappa shape index (κ3) is 4.94. The third-order valence-electron chi connectivity index (χ3n) is 6.56. The number of halogens is 3. The van der Waals surface area contributed by atoms with E-state index >= 15 is 0 Å². The fourth-order valence-corrected chi connectivity index (χ4v) is 4.79. The average molecular weight is 549 g/mol. The van der Waals surface area contributed by atoms with Crippen LogP contribution < -0.4 is 21.2 Å². The molecule has 1 unspecified atom stereocenters. The lowest BCUT2D eigenvalue weighted by atomic mass is 10.0. The lowest BCUT2D eigenvalue weighted by Crippen LogP contribution is -2.36. The molecule has 0 radical (unpaired) electrons. The molecule has 0 fully saturated rings. The summed E-state index contributed by atoms with van der Waals surface area (Å²) in [7, 11) is 0. The molecule has 1 amide bonds. The summed E-state index contributed by atoms with van der Waals surface area (Å²) in [5.74, 6) is -1.68. The Bertz CT molecular complexity index is 1690. The van der Waals surface area contributed by atoms with Gasteiger partial charge in [-0.1, -0.05) is 24.3 Å². The minimum Gasteiger partial charge on any atom is -0.478 e. The summed E-state index contributed by atoms with van der Waals surface area (Å²) in [5.41, 5.74) is 7.20. The number of alkyl halides is 3. The number of amides is 1. The molecule has 1 aliphatic heterocycles. The van der Waals surface area contributed by atoms with Crippen molar-refractivity contribution in [3.63, 3.8) is 0 Å². The van der Waals surface area contributed by atoms with Crippen molar-refractivity contribution in [2.45, 2.75) is 26.1 Å². The van der Waals surface area contributed by atoms with Crippen LogP contribution in [0.1, 0.15) is 38.7 Å². The summed E-state index contributed by atoms with van der Waals surface area (Å²) >= 11 is 0. The lowest BCUT2D eigenvalue weighted by molar-refractivity contribution is -0.137. The monoisotopic (exact) mass is 548 g/mol. The van der Waals surface area contributed by atoms with Gasteiger partial charge in [0, 0.05) is 29.2 Å². The summed E-state index contributed by atoms with van der Waals surface area (Å²) in [6.45, 7) is 3.65. The number of rotatable bonds is 6. The van der Waals surface area contributed by atoms with Crippen LogP contribution in [0.4, 0.5) is 30.2 Å². The van der Waals surface area contributed by atoms with Gasteiger partial charge in [0.2, 0.25) is 5.43 Å². The van der Waals surface area contributed by atoms with Gasteiger partial charge >= 0.3 is 12.1 Å². The van der Waals surface area contributed by atoms with Crippen LogP contribution in [0.2, 0.25) is 0 Å². The van der Waals surface area contributed by atoms with Crippen LogP contribution in [0.3, 0.4) is 0 Å². The molecule has 11 heteroatoms. The van der Waals surface area contributed by atoms with E-state index < -0.39 is 35.1 Å². The molecule has 0 saturated carbocycles. The van der Waals surface area contributed by atoms with Crippen molar-refractivity contribution in [2.24, 2.45) is 0 Å².